The molecule has 14 heteroatoms. The van der Waals surface area contributed by atoms with Gasteiger partial charge in [0.15, 0.2) is 0 Å². The zero-order chi connectivity index (χ0) is 32.4. The van der Waals surface area contributed by atoms with Gasteiger partial charge in [-0.25, -0.2) is 36.9 Å². The maximum absolute atomic E-state index is 13.7. The van der Waals surface area contributed by atoms with Gasteiger partial charge in [0.25, 0.3) is 0 Å². The molecular weight excluding hydrogens is 595 g/mol. The normalized spacial score (nSPS) is 13.1. The molecule has 0 spiro atoms. The van der Waals surface area contributed by atoms with Crippen molar-refractivity contribution in [2.45, 2.75) is 44.8 Å². The van der Waals surface area contributed by atoms with E-state index in [4.69, 9.17) is 9.47 Å². The number of rotatable bonds is 14. The fourth-order valence-electron chi connectivity index (χ4n) is 3.94. The maximum atomic E-state index is 13.7. The lowest BCUT2D eigenvalue weighted by Gasteiger charge is -2.20. The summed E-state index contributed by atoms with van der Waals surface area (Å²) >= 11 is 0. The molecule has 0 fully saturated rings. The van der Waals surface area contributed by atoms with Gasteiger partial charge in [0.05, 0.1) is 36.3 Å². The lowest BCUT2D eigenvalue weighted by Crippen LogP contribution is -2.27. The Bertz CT molecular complexity index is 1570. The number of benzene rings is 1. The van der Waals surface area contributed by atoms with Gasteiger partial charge in [0.1, 0.15) is 24.7 Å². The van der Waals surface area contributed by atoms with Crippen LogP contribution in [0.1, 0.15) is 54.4 Å². The number of halogens is 1. The average Bonchev–Trinajstić information content (AvgIpc) is 2.97. The Balaban J connectivity index is 1.68. The van der Waals surface area contributed by atoms with E-state index in [2.05, 4.69) is 15.0 Å². The van der Waals surface area contributed by atoms with E-state index >= 15 is 0 Å². The van der Waals surface area contributed by atoms with Crippen LogP contribution in [-0.4, -0.2) is 84.2 Å². The molecule has 0 aliphatic heterocycles. The molecule has 3 rings (SSSR count). The number of sulfonamides is 1. The highest BCUT2D eigenvalue weighted by Crippen LogP contribution is 2.31. The molecule has 236 valence electrons. The van der Waals surface area contributed by atoms with Crippen LogP contribution in [0.15, 0.2) is 54.7 Å². The zero-order valence-electron chi connectivity index (χ0n) is 24.8. The van der Waals surface area contributed by atoms with Gasteiger partial charge in [0.2, 0.25) is 16.0 Å². The van der Waals surface area contributed by atoms with Crippen LogP contribution < -0.4 is 4.31 Å². The van der Waals surface area contributed by atoms with Gasteiger partial charge in [-0.2, -0.15) is 0 Å². The van der Waals surface area contributed by atoms with Crippen LogP contribution in [0.4, 0.5) is 10.3 Å². The zero-order valence-corrected chi connectivity index (χ0v) is 25.6. The highest BCUT2D eigenvalue weighted by atomic mass is 32.2. The fourth-order valence-corrected chi connectivity index (χ4v) is 4.32. The number of aromatic nitrogens is 3. The highest BCUT2D eigenvalue weighted by Gasteiger charge is 2.23. The van der Waals surface area contributed by atoms with E-state index in [0.717, 1.165) is 10.6 Å². The minimum absolute atomic E-state index is 0.0753. The molecule has 0 saturated carbocycles. The standard InChI is InChI=1S/C30H35FN4O8S/c1-19(2)27-24(28(20-8-10-21(31)11-9-20)34-30(33-27)35(3)44(4,40)41)13-12-22(36)17-23(37)18-26(38)42-15-16-43-29(39)25-7-5-6-14-32-25/h5-14,19,22-23,36-37H,15-18H2,1-4H3/b13-12+/t22-,23+/m1/s1. The number of carbonyl (C=O) groups excluding carboxylic acids is 2. The Kier molecular flexibility index (Phi) is 12.0. The topological polar surface area (TPSA) is 169 Å². The predicted molar refractivity (Wildman–Crippen MR) is 161 cm³/mol. The maximum Gasteiger partial charge on any atom is 0.357 e. The molecule has 2 N–H and O–H groups in total. The van der Waals surface area contributed by atoms with Gasteiger partial charge in [-0.15, -0.1) is 0 Å². The van der Waals surface area contributed by atoms with Crippen LogP contribution in [0, 0.1) is 5.82 Å². The lowest BCUT2D eigenvalue weighted by molar-refractivity contribution is -0.147. The van der Waals surface area contributed by atoms with E-state index in [1.54, 1.807) is 18.2 Å². The molecule has 2 heterocycles. The number of anilines is 1. The van der Waals surface area contributed by atoms with E-state index in [1.807, 2.05) is 13.8 Å². The minimum Gasteiger partial charge on any atom is -0.462 e. The van der Waals surface area contributed by atoms with Crippen molar-refractivity contribution in [2.24, 2.45) is 0 Å². The lowest BCUT2D eigenvalue weighted by atomic mass is 9.97. The Morgan fingerprint density at radius 2 is 1.73 bits per heavy atom. The number of aliphatic hydroxyl groups excluding tert-OH is 2. The summed E-state index contributed by atoms with van der Waals surface area (Å²) in [5.41, 5.74) is 1.85. The number of carbonyl (C=O) groups is 2. The third kappa shape index (κ3) is 9.89. The van der Waals surface area contributed by atoms with Gasteiger partial charge in [-0.1, -0.05) is 32.1 Å². The first-order valence-corrected chi connectivity index (χ1v) is 15.5. The average molecular weight is 631 g/mol. The van der Waals surface area contributed by atoms with Crippen LogP contribution in [0.25, 0.3) is 17.3 Å². The Hall–Kier alpha value is -4.27. The summed E-state index contributed by atoms with van der Waals surface area (Å²) in [7, 11) is -2.37. The second-order valence-electron chi connectivity index (χ2n) is 10.2. The first-order valence-electron chi connectivity index (χ1n) is 13.7. The highest BCUT2D eigenvalue weighted by molar-refractivity contribution is 7.92. The summed E-state index contributed by atoms with van der Waals surface area (Å²) in [6, 6.07) is 10.2. The number of ether oxygens (including phenoxy) is 2. The second kappa shape index (κ2) is 15.5. The van der Waals surface area contributed by atoms with Gasteiger partial charge in [0, 0.05) is 30.8 Å². The third-order valence-corrected chi connectivity index (χ3v) is 7.42. The summed E-state index contributed by atoms with van der Waals surface area (Å²) in [6.45, 7) is 3.28. The molecule has 3 aromatic rings. The smallest absolute Gasteiger partial charge is 0.357 e. The molecule has 44 heavy (non-hydrogen) atoms. The molecule has 0 amide bonds. The Labute approximate surface area is 255 Å². The summed E-state index contributed by atoms with van der Waals surface area (Å²) in [5.74, 6) is -2.16. The van der Waals surface area contributed by atoms with Crippen molar-refractivity contribution in [2.75, 3.05) is 30.8 Å². The number of hydrogen-bond donors (Lipinski definition) is 2. The molecule has 0 aliphatic carbocycles. The van der Waals surface area contributed by atoms with Gasteiger partial charge < -0.3 is 19.7 Å². The van der Waals surface area contributed by atoms with Crippen LogP contribution >= 0.6 is 0 Å². The first-order chi connectivity index (χ1) is 20.8. The molecule has 1 aromatic carbocycles. The van der Waals surface area contributed by atoms with Gasteiger partial charge in [-0.3, -0.25) is 4.79 Å². The number of hydrogen-bond acceptors (Lipinski definition) is 11. The fraction of sp³-hybridized carbons (Fsp3) is 0.367. The van der Waals surface area contributed by atoms with Crippen LogP contribution in [-0.2, 0) is 24.3 Å². The van der Waals surface area contributed by atoms with Crippen molar-refractivity contribution in [1.29, 1.82) is 0 Å². The number of nitrogens with zero attached hydrogens (tertiary/aromatic N) is 4. The van der Waals surface area contributed by atoms with E-state index in [0.29, 0.717) is 22.5 Å². The predicted octanol–water partition coefficient (Wildman–Crippen LogP) is 3.11. The largest absolute Gasteiger partial charge is 0.462 e. The molecule has 2 atom stereocenters. The molecule has 0 bridgehead atoms. The molecule has 0 unspecified atom stereocenters. The van der Waals surface area contributed by atoms with Crippen molar-refractivity contribution < 1.29 is 42.1 Å². The van der Waals surface area contributed by atoms with Crippen molar-refractivity contribution in [3.63, 3.8) is 0 Å². The molecule has 0 radical (unpaired) electrons. The van der Waals surface area contributed by atoms with Crippen molar-refractivity contribution in [3.8, 4) is 11.3 Å². The third-order valence-electron chi connectivity index (χ3n) is 6.26. The van der Waals surface area contributed by atoms with Crippen LogP contribution in [0.5, 0.6) is 0 Å². The Morgan fingerprint density at radius 1 is 1.05 bits per heavy atom. The van der Waals surface area contributed by atoms with E-state index in [9.17, 15) is 32.6 Å². The van der Waals surface area contributed by atoms with Crippen LogP contribution in [0.3, 0.4) is 0 Å². The quantitative estimate of drug-likeness (QED) is 0.198. The second-order valence-corrected chi connectivity index (χ2v) is 12.2. The summed E-state index contributed by atoms with van der Waals surface area (Å²) in [4.78, 5) is 36.8. The van der Waals surface area contributed by atoms with Crippen LogP contribution in [0.2, 0.25) is 0 Å². The van der Waals surface area contributed by atoms with E-state index in [-0.39, 0.29) is 37.2 Å². The molecule has 2 aromatic heterocycles. The number of aliphatic hydroxyl groups is 2. The van der Waals surface area contributed by atoms with Crippen molar-refractivity contribution >= 4 is 34.0 Å². The molecule has 12 nitrogen and oxygen atoms in total. The SMILES string of the molecule is CC(C)c1nc(N(C)S(C)(=O)=O)nc(-c2ccc(F)cc2)c1/C=C/[C@@H](O)C[C@H](O)CC(=O)OCCOC(=O)c1ccccn1. The van der Waals surface area contributed by atoms with Crippen molar-refractivity contribution in [1.82, 2.24) is 15.0 Å². The number of pyridine rings is 1. The van der Waals surface area contributed by atoms with Gasteiger partial charge in [-0.05, 0) is 42.3 Å². The van der Waals surface area contributed by atoms with Crippen molar-refractivity contribution in [3.05, 3.63) is 77.5 Å². The summed E-state index contributed by atoms with van der Waals surface area (Å²) in [5, 5.41) is 21.0. The number of esters is 2. The molecular formula is C30H35FN4O8S. The molecule has 0 saturated heterocycles. The summed E-state index contributed by atoms with van der Waals surface area (Å²) < 4.78 is 49.0. The molecule has 0 aliphatic rings. The van der Waals surface area contributed by atoms with E-state index < -0.39 is 46.4 Å². The summed E-state index contributed by atoms with van der Waals surface area (Å²) in [6.07, 6.45) is 2.34. The Morgan fingerprint density at radius 3 is 2.34 bits per heavy atom. The van der Waals surface area contributed by atoms with Gasteiger partial charge >= 0.3 is 11.9 Å². The minimum atomic E-state index is -3.69. The monoisotopic (exact) mass is 630 g/mol. The first kappa shape index (κ1) is 34.2. The van der Waals surface area contributed by atoms with E-state index in [1.165, 1.54) is 49.7 Å².